The van der Waals surface area contributed by atoms with E-state index in [0.29, 0.717) is 12.2 Å². The van der Waals surface area contributed by atoms with E-state index in [0.717, 1.165) is 22.4 Å². The van der Waals surface area contributed by atoms with E-state index in [9.17, 15) is 14.9 Å². The Labute approximate surface area is 174 Å². The third kappa shape index (κ3) is 5.51. The number of nitro groups is 1. The van der Waals surface area contributed by atoms with Gasteiger partial charge in [-0.15, -0.1) is 0 Å². The lowest BCUT2D eigenvalue weighted by Gasteiger charge is -2.08. The highest BCUT2D eigenvalue weighted by Gasteiger charge is 2.08. The van der Waals surface area contributed by atoms with Crippen molar-refractivity contribution in [3.05, 3.63) is 94.5 Å². The zero-order valence-corrected chi connectivity index (χ0v) is 16.4. The molecule has 0 unspecified atom stereocenters. The fourth-order valence-electron chi connectivity index (χ4n) is 2.81. The summed E-state index contributed by atoms with van der Waals surface area (Å²) in [6.45, 7) is 1.72. The van der Waals surface area contributed by atoms with Gasteiger partial charge in [-0.1, -0.05) is 61.5 Å². The fourth-order valence-corrected chi connectivity index (χ4v) is 2.81. The highest BCUT2D eigenvalue weighted by molar-refractivity contribution is 6.01. The minimum Gasteiger partial charge on any atom is -0.484 e. The van der Waals surface area contributed by atoms with Gasteiger partial charge in [-0.25, -0.2) is 5.43 Å². The molecule has 7 nitrogen and oxygen atoms in total. The van der Waals surface area contributed by atoms with Gasteiger partial charge in [-0.3, -0.25) is 14.9 Å². The Kier molecular flexibility index (Phi) is 6.89. The van der Waals surface area contributed by atoms with Crippen LogP contribution in [-0.4, -0.2) is 23.1 Å². The van der Waals surface area contributed by atoms with Gasteiger partial charge in [0.1, 0.15) is 5.75 Å². The minimum absolute atomic E-state index is 0.0396. The lowest BCUT2D eigenvalue weighted by Crippen LogP contribution is -2.26. The fraction of sp³-hybridized carbons (Fsp3) is 0.130. The van der Waals surface area contributed by atoms with Crippen LogP contribution in [0.3, 0.4) is 0 Å². The van der Waals surface area contributed by atoms with Gasteiger partial charge >= 0.3 is 0 Å². The van der Waals surface area contributed by atoms with E-state index in [1.807, 2.05) is 49.4 Å². The number of benzene rings is 3. The number of hydrogen-bond donors (Lipinski definition) is 1. The van der Waals surface area contributed by atoms with Crippen molar-refractivity contribution in [1.82, 2.24) is 5.43 Å². The molecule has 0 saturated heterocycles. The number of ether oxygens (including phenoxy) is 1. The first kappa shape index (κ1) is 20.7. The topological polar surface area (TPSA) is 93.8 Å². The summed E-state index contributed by atoms with van der Waals surface area (Å²) in [5, 5.41) is 14.9. The number of rotatable bonds is 8. The third-order valence-electron chi connectivity index (χ3n) is 4.39. The number of non-ortho nitro benzene ring substituents is 1. The molecule has 3 aromatic carbocycles. The second-order valence-corrected chi connectivity index (χ2v) is 6.43. The van der Waals surface area contributed by atoms with Gasteiger partial charge in [0.15, 0.2) is 6.61 Å². The van der Waals surface area contributed by atoms with Crippen LogP contribution < -0.4 is 10.2 Å². The molecule has 0 spiro atoms. The maximum absolute atomic E-state index is 12.0. The smallest absolute Gasteiger partial charge is 0.277 e. The van der Waals surface area contributed by atoms with Crippen molar-refractivity contribution in [2.45, 2.75) is 13.3 Å². The molecular formula is C23H21N3O4. The molecule has 7 heteroatoms. The number of amides is 1. The SMILES string of the molecule is CC/C(=N\NC(=O)COc1ccc([N+](=O)[O-])cc1)c1ccc(-c2ccccc2)cc1. The number of nitro benzene ring substituents is 1. The molecule has 0 atom stereocenters. The molecule has 0 bridgehead atoms. The number of carbonyl (C=O) groups excluding carboxylic acids is 1. The van der Waals surface area contributed by atoms with E-state index in [-0.39, 0.29) is 12.3 Å². The van der Waals surface area contributed by atoms with Crippen molar-refractivity contribution in [2.75, 3.05) is 6.61 Å². The van der Waals surface area contributed by atoms with E-state index >= 15 is 0 Å². The molecule has 0 fully saturated rings. The van der Waals surface area contributed by atoms with Crippen LogP contribution in [0.1, 0.15) is 18.9 Å². The first-order valence-corrected chi connectivity index (χ1v) is 9.45. The first-order chi connectivity index (χ1) is 14.6. The van der Waals surface area contributed by atoms with Crippen molar-refractivity contribution >= 4 is 17.3 Å². The molecule has 0 saturated carbocycles. The van der Waals surface area contributed by atoms with Crippen LogP contribution in [0.25, 0.3) is 11.1 Å². The predicted octanol–water partition coefficient (Wildman–Crippen LogP) is 4.57. The number of nitrogens with zero attached hydrogens (tertiary/aromatic N) is 2. The summed E-state index contributed by atoms with van der Waals surface area (Å²) >= 11 is 0. The highest BCUT2D eigenvalue weighted by Crippen LogP contribution is 2.20. The summed E-state index contributed by atoms with van der Waals surface area (Å²) in [4.78, 5) is 22.2. The molecule has 0 aliphatic carbocycles. The van der Waals surface area contributed by atoms with E-state index in [4.69, 9.17) is 4.74 Å². The van der Waals surface area contributed by atoms with Crippen LogP contribution in [0.15, 0.2) is 84.0 Å². The lowest BCUT2D eigenvalue weighted by molar-refractivity contribution is -0.384. The molecule has 1 amide bonds. The van der Waals surface area contributed by atoms with Crippen LogP contribution in [0.5, 0.6) is 5.75 Å². The Morgan fingerprint density at radius 3 is 2.20 bits per heavy atom. The van der Waals surface area contributed by atoms with E-state index in [1.54, 1.807) is 0 Å². The number of carbonyl (C=O) groups is 1. The molecule has 152 valence electrons. The maximum Gasteiger partial charge on any atom is 0.277 e. The molecule has 0 aliphatic heterocycles. The van der Waals surface area contributed by atoms with E-state index in [1.165, 1.54) is 24.3 Å². The zero-order chi connectivity index (χ0) is 21.3. The quantitative estimate of drug-likeness (QED) is 0.339. The molecular weight excluding hydrogens is 382 g/mol. The molecule has 3 aromatic rings. The summed E-state index contributed by atoms with van der Waals surface area (Å²) < 4.78 is 5.33. The van der Waals surface area contributed by atoms with Crippen LogP contribution in [0.4, 0.5) is 5.69 Å². The van der Waals surface area contributed by atoms with Gasteiger partial charge in [0.25, 0.3) is 11.6 Å². The Hall–Kier alpha value is -4.00. The van der Waals surface area contributed by atoms with Gasteiger partial charge in [-0.2, -0.15) is 5.10 Å². The predicted molar refractivity (Wildman–Crippen MR) is 115 cm³/mol. The van der Waals surface area contributed by atoms with Crippen LogP contribution in [-0.2, 0) is 4.79 Å². The van der Waals surface area contributed by atoms with Gasteiger partial charge in [0, 0.05) is 12.1 Å². The van der Waals surface area contributed by atoms with Crippen molar-refractivity contribution in [3.8, 4) is 16.9 Å². The minimum atomic E-state index is -0.496. The lowest BCUT2D eigenvalue weighted by atomic mass is 10.0. The largest absolute Gasteiger partial charge is 0.484 e. The summed E-state index contributed by atoms with van der Waals surface area (Å²) in [5.41, 5.74) is 6.37. The normalized spacial score (nSPS) is 11.0. The monoisotopic (exact) mass is 403 g/mol. The molecule has 1 N–H and O–H groups in total. The second-order valence-electron chi connectivity index (χ2n) is 6.43. The van der Waals surface area contributed by atoms with Gasteiger partial charge < -0.3 is 4.74 Å². The summed E-state index contributed by atoms with van der Waals surface area (Å²) in [5.74, 6) is -0.0489. The molecule has 30 heavy (non-hydrogen) atoms. The van der Waals surface area contributed by atoms with Gasteiger partial charge in [0.2, 0.25) is 0 Å². The highest BCUT2D eigenvalue weighted by atomic mass is 16.6. The Balaban J connectivity index is 1.58. The third-order valence-corrected chi connectivity index (χ3v) is 4.39. The molecule has 0 aliphatic rings. The van der Waals surface area contributed by atoms with Crippen molar-refractivity contribution in [2.24, 2.45) is 5.10 Å². The van der Waals surface area contributed by atoms with Crippen molar-refractivity contribution in [3.63, 3.8) is 0 Å². The van der Waals surface area contributed by atoms with Crippen LogP contribution >= 0.6 is 0 Å². The molecule has 3 rings (SSSR count). The molecule has 0 aromatic heterocycles. The summed E-state index contributed by atoms with van der Waals surface area (Å²) in [6, 6.07) is 23.6. The zero-order valence-electron chi connectivity index (χ0n) is 16.4. The standard InChI is InChI=1S/C23H21N3O4/c1-2-22(19-10-8-18(9-11-19)17-6-4-3-5-7-17)24-25-23(27)16-30-21-14-12-20(13-15-21)26(28)29/h3-15H,2,16H2,1H3,(H,25,27)/b24-22+. The average molecular weight is 403 g/mol. The average Bonchev–Trinajstić information content (AvgIpc) is 2.79. The Morgan fingerprint density at radius 1 is 0.967 bits per heavy atom. The number of nitrogens with one attached hydrogen (secondary N) is 1. The second kappa shape index (κ2) is 9.97. The Morgan fingerprint density at radius 2 is 1.60 bits per heavy atom. The summed E-state index contributed by atoms with van der Waals surface area (Å²) in [6.07, 6.45) is 0.647. The van der Waals surface area contributed by atoms with Crippen molar-refractivity contribution in [1.29, 1.82) is 0 Å². The number of hydrogen-bond acceptors (Lipinski definition) is 5. The number of hydrazone groups is 1. The van der Waals surface area contributed by atoms with Crippen LogP contribution in [0.2, 0.25) is 0 Å². The van der Waals surface area contributed by atoms with E-state index < -0.39 is 10.8 Å². The maximum atomic E-state index is 12.0. The van der Waals surface area contributed by atoms with Crippen molar-refractivity contribution < 1.29 is 14.5 Å². The van der Waals surface area contributed by atoms with Gasteiger partial charge in [0.05, 0.1) is 10.6 Å². The van der Waals surface area contributed by atoms with Gasteiger partial charge in [-0.05, 0) is 35.2 Å². The molecule has 0 radical (unpaired) electrons. The van der Waals surface area contributed by atoms with Crippen LogP contribution in [0, 0.1) is 10.1 Å². The van der Waals surface area contributed by atoms with E-state index in [2.05, 4.69) is 22.7 Å². The first-order valence-electron chi connectivity index (χ1n) is 9.45. The Bertz CT molecular complexity index is 1030. The molecule has 0 heterocycles. The summed E-state index contributed by atoms with van der Waals surface area (Å²) in [7, 11) is 0.